The topological polar surface area (TPSA) is 55.8 Å². The minimum Gasteiger partial charge on any atom is -0.506 e. The molecule has 1 aliphatic rings. The lowest BCUT2D eigenvalue weighted by Gasteiger charge is -2.36. The van der Waals surface area contributed by atoms with Gasteiger partial charge in [-0.25, -0.2) is 0 Å². The number of hydrogen-bond acceptors (Lipinski definition) is 4. The lowest BCUT2D eigenvalue weighted by Crippen LogP contribution is -2.49. The van der Waals surface area contributed by atoms with Crippen LogP contribution < -0.4 is 10.2 Å². The summed E-state index contributed by atoms with van der Waals surface area (Å²) in [5.74, 6) is 1.05. The van der Waals surface area contributed by atoms with Crippen molar-refractivity contribution in [1.29, 1.82) is 0 Å². The van der Waals surface area contributed by atoms with Crippen molar-refractivity contribution in [1.82, 2.24) is 10.2 Å². The molecule has 0 saturated carbocycles. The van der Waals surface area contributed by atoms with Gasteiger partial charge < -0.3 is 15.3 Å². The van der Waals surface area contributed by atoms with Crippen molar-refractivity contribution in [3.63, 3.8) is 0 Å². The van der Waals surface area contributed by atoms with E-state index in [-0.39, 0.29) is 5.91 Å². The Morgan fingerprint density at radius 1 is 1.20 bits per heavy atom. The maximum absolute atomic E-state index is 12.2. The van der Waals surface area contributed by atoms with Crippen LogP contribution in [0.5, 0.6) is 5.75 Å². The van der Waals surface area contributed by atoms with E-state index in [2.05, 4.69) is 29.0 Å². The third-order valence-electron chi connectivity index (χ3n) is 5.09. The summed E-state index contributed by atoms with van der Waals surface area (Å²) in [6.45, 7) is 9.03. The Bertz CT molecular complexity index is 527. The second kappa shape index (κ2) is 10.3. The fourth-order valence-corrected chi connectivity index (χ4v) is 3.34. The number of aromatic hydroxyl groups is 1. The first kappa shape index (κ1) is 19.6. The van der Waals surface area contributed by atoms with E-state index in [1.54, 1.807) is 6.07 Å². The van der Waals surface area contributed by atoms with Gasteiger partial charge in [0.1, 0.15) is 5.75 Å². The second-order valence-electron chi connectivity index (χ2n) is 6.97. The summed E-state index contributed by atoms with van der Waals surface area (Å²) < 4.78 is 0. The van der Waals surface area contributed by atoms with Crippen molar-refractivity contribution in [2.45, 2.75) is 39.5 Å². The standard InChI is InChI=1S/C20H33N3O2/c1-3-5-8-17(4-2)15-21-20(25)16-22-11-13-23(14-12-22)18-9-6-7-10-19(18)24/h6-7,9-10,17,24H,3-5,8,11-16H2,1-2H3,(H,21,25)/t17-/m0/s1. The molecule has 0 aliphatic carbocycles. The third kappa shape index (κ3) is 6.24. The number of rotatable bonds is 9. The predicted molar refractivity (Wildman–Crippen MR) is 103 cm³/mol. The molecule has 1 fully saturated rings. The number of para-hydroxylation sites is 2. The van der Waals surface area contributed by atoms with Crippen LogP contribution in [0.3, 0.4) is 0 Å². The van der Waals surface area contributed by atoms with Gasteiger partial charge in [-0.3, -0.25) is 9.69 Å². The molecule has 1 amide bonds. The molecule has 0 bridgehead atoms. The number of anilines is 1. The first-order valence-corrected chi connectivity index (χ1v) is 9.66. The Morgan fingerprint density at radius 2 is 1.92 bits per heavy atom. The van der Waals surface area contributed by atoms with Gasteiger partial charge in [0, 0.05) is 32.7 Å². The number of benzene rings is 1. The molecule has 1 heterocycles. The van der Waals surface area contributed by atoms with E-state index < -0.39 is 0 Å². The molecule has 5 nitrogen and oxygen atoms in total. The monoisotopic (exact) mass is 347 g/mol. The number of phenols is 1. The van der Waals surface area contributed by atoms with Crippen LogP contribution in [0, 0.1) is 5.92 Å². The number of unbranched alkanes of at least 4 members (excludes halogenated alkanes) is 1. The smallest absolute Gasteiger partial charge is 0.234 e. The molecule has 0 aromatic heterocycles. The average Bonchev–Trinajstić information content (AvgIpc) is 2.63. The molecular weight excluding hydrogens is 314 g/mol. The van der Waals surface area contributed by atoms with Crippen LogP contribution in [0.25, 0.3) is 0 Å². The SMILES string of the molecule is CCCC[C@H](CC)CNC(=O)CN1CCN(c2ccccc2O)CC1. The van der Waals surface area contributed by atoms with Gasteiger partial charge in [-0.15, -0.1) is 0 Å². The lowest BCUT2D eigenvalue weighted by molar-refractivity contribution is -0.122. The molecule has 0 unspecified atom stereocenters. The van der Waals surface area contributed by atoms with Crippen molar-refractivity contribution >= 4 is 11.6 Å². The zero-order valence-corrected chi connectivity index (χ0v) is 15.7. The highest BCUT2D eigenvalue weighted by Crippen LogP contribution is 2.27. The fraction of sp³-hybridized carbons (Fsp3) is 0.650. The van der Waals surface area contributed by atoms with Crippen LogP contribution in [0.15, 0.2) is 24.3 Å². The van der Waals surface area contributed by atoms with Crippen molar-refractivity contribution in [2.75, 3.05) is 44.2 Å². The Hall–Kier alpha value is -1.75. The van der Waals surface area contributed by atoms with Gasteiger partial charge in [0.05, 0.1) is 12.2 Å². The van der Waals surface area contributed by atoms with Crippen molar-refractivity contribution < 1.29 is 9.90 Å². The largest absolute Gasteiger partial charge is 0.506 e. The number of carbonyl (C=O) groups is 1. The first-order valence-electron chi connectivity index (χ1n) is 9.66. The summed E-state index contributed by atoms with van der Waals surface area (Å²) in [7, 11) is 0. The lowest BCUT2D eigenvalue weighted by atomic mass is 9.99. The van der Waals surface area contributed by atoms with E-state index in [4.69, 9.17) is 0 Å². The molecule has 0 radical (unpaired) electrons. The summed E-state index contributed by atoms with van der Waals surface area (Å²) in [5, 5.41) is 13.1. The van der Waals surface area contributed by atoms with Gasteiger partial charge in [0.15, 0.2) is 0 Å². The van der Waals surface area contributed by atoms with Gasteiger partial charge in [-0.1, -0.05) is 45.2 Å². The molecule has 25 heavy (non-hydrogen) atoms. The third-order valence-corrected chi connectivity index (χ3v) is 5.09. The number of nitrogens with zero attached hydrogens (tertiary/aromatic N) is 2. The zero-order valence-electron chi connectivity index (χ0n) is 15.7. The van der Waals surface area contributed by atoms with Gasteiger partial charge in [0.2, 0.25) is 5.91 Å². The van der Waals surface area contributed by atoms with Gasteiger partial charge >= 0.3 is 0 Å². The van der Waals surface area contributed by atoms with Crippen LogP contribution in [-0.2, 0) is 4.79 Å². The zero-order chi connectivity index (χ0) is 18.1. The molecule has 0 spiro atoms. The second-order valence-corrected chi connectivity index (χ2v) is 6.97. The summed E-state index contributed by atoms with van der Waals surface area (Å²) in [6, 6.07) is 7.44. The Kier molecular flexibility index (Phi) is 8.06. The number of piperazine rings is 1. The Morgan fingerprint density at radius 3 is 2.56 bits per heavy atom. The minimum atomic E-state index is 0.131. The summed E-state index contributed by atoms with van der Waals surface area (Å²) in [5.41, 5.74) is 0.883. The first-order chi connectivity index (χ1) is 12.1. The van der Waals surface area contributed by atoms with Gasteiger partial charge in [-0.2, -0.15) is 0 Å². The van der Waals surface area contributed by atoms with Crippen molar-refractivity contribution in [3.8, 4) is 5.75 Å². The summed E-state index contributed by atoms with van der Waals surface area (Å²) >= 11 is 0. The number of amides is 1. The summed E-state index contributed by atoms with van der Waals surface area (Å²) in [6.07, 6.45) is 4.78. The molecule has 1 aromatic carbocycles. The van der Waals surface area contributed by atoms with Crippen molar-refractivity contribution in [3.05, 3.63) is 24.3 Å². The van der Waals surface area contributed by atoms with Crippen LogP contribution in [-0.4, -0.2) is 55.2 Å². The number of nitrogens with one attached hydrogen (secondary N) is 1. The number of phenolic OH excluding ortho intramolecular Hbond substituents is 1. The molecule has 5 heteroatoms. The van der Waals surface area contributed by atoms with E-state index in [1.165, 1.54) is 19.3 Å². The minimum absolute atomic E-state index is 0.131. The van der Waals surface area contributed by atoms with Crippen LogP contribution in [0.4, 0.5) is 5.69 Å². The highest BCUT2D eigenvalue weighted by molar-refractivity contribution is 5.78. The number of hydrogen-bond donors (Lipinski definition) is 2. The molecule has 2 rings (SSSR count). The van der Waals surface area contributed by atoms with E-state index in [1.807, 2.05) is 18.2 Å². The molecule has 1 saturated heterocycles. The van der Waals surface area contributed by atoms with Crippen molar-refractivity contribution in [2.24, 2.45) is 5.92 Å². The van der Waals surface area contributed by atoms with E-state index in [0.29, 0.717) is 18.2 Å². The number of carbonyl (C=O) groups excluding carboxylic acids is 1. The van der Waals surface area contributed by atoms with Crippen LogP contribution in [0.1, 0.15) is 39.5 Å². The molecule has 1 aromatic rings. The molecule has 1 aliphatic heterocycles. The highest BCUT2D eigenvalue weighted by Gasteiger charge is 2.20. The van der Waals surface area contributed by atoms with E-state index in [0.717, 1.165) is 44.8 Å². The van der Waals surface area contributed by atoms with E-state index in [9.17, 15) is 9.90 Å². The van der Waals surface area contributed by atoms with Gasteiger partial charge in [0.25, 0.3) is 0 Å². The average molecular weight is 348 g/mol. The Labute approximate surface area is 152 Å². The molecule has 2 N–H and O–H groups in total. The van der Waals surface area contributed by atoms with E-state index >= 15 is 0 Å². The molecule has 1 atom stereocenters. The maximum Gasteiger partial charge on any atom is 0.234 e. The highest BCUT2D eigenvalue weighted by atomic mass is 16.3. The molecule has 140 valence electrons. The van der Waals surface area contributed by atoms with Crippen LogP contribution >= 0.6 is 0 Å². The summed E-state index contributed by atoms with van der Waals surface area (Å²) in [4.78, 5) is 16.6. The normalized spacial score (nSPS) is 16.6. The maximum atomic E-state index is 12.2. The predicted octanol–water partition coefficient (Wildman–Crippen LogP) is 2.85. The fourth-order valence-electron chi connectivity index (χ4n) is 3.34. The quantitative estimate of drug-likeness (QED) is 0.721. The molecular formula is C20H33N3O2. The van der Waals surface area contributed by atoms with Crippen LogP contribution in [0.2, 0.25) is 0 Å². The van der Waals surface area contributed by atoms with Gasteiger partial charge in [-0.05, 0) is 24.5 Å². The Balaban J connectivity index is 1.70.